The topological polar surface area (TPSA) is 66.9 Å². The average molecular weight is 539 g/mol. The Balaban J connectivity index is 1.43. The maximum Gasteiger partial charge on any atom is 0.243 e. The Morgan fingerprint density at radius 3 is 2.32 bits per heavy atom. The van der Waals surface area contributed by atoms with E-state index in [9.17, 15) is 13.2 Å². The normalized spacial score (nSPS) is 18.1. The number of amides is 1. The van der Waals surface area contributed by atoms with Gasteiger partial charge in [-0.15, -0.1) is 11.3 Å². The molecule has 3 aromatic rings. The smallest absolute Gasteiger partial charge is 0.243 e. The Labute approximate surface area is 223 Å². The van der Waals surface area contributed by atoms with E-state index in [0.717, 1.165) is 41.7 Å². The van der Waals surface area contributed by atoms with Crippen LogP contribution >= 0.6 is 11.3 Å². The lowest BCUT2D eigenvalue weighted by Crippen LogP contribution is -2.47. The standard InChI is InChI=1S/C29H34N2O4S2/c1-29(2,3)21-7-13-24(14-8-21)37(33,34)31(22-9-10-22)19-27(32)30-17-15-26-25(16-18-36-26)28(30)20-5-11-23(35-4)12-6-20/h5-8,11-14,16,18,22,28H,9-10,15,17,19H2,1-4H3. The molecule has 0 saturated heterocycles. The van der Waals surface area contributed by atoms with Gasteiger partial charge in [0.25, 0.3) is 0 Å². The van der Waals surface area contributed by atoms with Crippen molar-refractivity contribution in [3.8, 4) is 5.75 Å². The summed E-state index contributed by atoms with van der Waals surface area (Å²) in [5.74, 6) is 0.589. The van der Waals surface area contributed by atoms with Crippen molar-refractivity contribution in [3.05, 3.63) is 81.5 Å². The second-order valence-electron chi connectivity index (χ2n) is 10.9. The van der Waals surface area contributed by atoms with Crippen LogP contribution in [0.25, 0.3) is 0 Å². The van der Waals surface area contributed by atoms with Crippen molar-refractivity contribution in [2.75, 3.05) is 20.2 Å². The van der Waals surface area contributed by atoms with Crippen LogP contribution in [0.1, 0.15) is 61.2 Å². The van der Waals surface area contributed by atoms with Crippen LogP contribution in [-0.2, 0) is 26.7 Å². The first-order valence-corrected chi connectivity index (χ1v) is 15.0. The number of rotatable bonds is 7. The van der Waals surface area contributed by atoms with Crippen LogP contribution < -0.4 is 4.74 Å². The van der Waals surface area contributed by atoms with Crippen molar-refractivity contribution in [3.63, 3.8) is 0 Å². The minimum absolute atomic E-state index is 0.0698. The van der Waals surface area contributed by atoms with Gasteiger partial charge in [-0.05, 0) is 77.1 Å². The molecule has 196 valence electrons. The van der Waals surface area contributed by atoms with E-state index >= 15 is 0 Å². The maximum atomic E-state index is 13.8. The lowest BCUT2D eigenvalue weighted by Gasteiger charge is -2.37. The Morgan fingerprint density at radius 2 is 1.73 bits per heavy atom. The number of carbonyl (C=O) groups excluding carboxylic acids is 1. The molecule has 1 saturated carbocycles. The Hall–Kier alpha value is -2.68. The van der Waals surface area contributed by atoms with Crippen molar-refractivity contribution in [2.24, 2.45) is 0 Å². The molecule has 1 unspecified atom stereocenters. The summed E-state index contributed by atoms with van der Waals surface area (Å²) in [4.78, 5) is 17.2. The quantitative estimate of drug-likeness (QED) is 0.405. The highest BCUT2D eigenvalue weighted by Gasteiger charge is 2.42. The van der Waals surface area contributed by atoms with Crippen LogP contribution in [0.5, 0.6) is 5.75 Å². The molecule has 0 N–H and O–H groups in total. The number of carbonyl (C=O) groups is 1. The lowest BCUT2D eigenvalue weighted by molar-refractivity contribution is -0.133. The number of nitrogens with zero attached hydrogens (tertiary/aromatic N) is 2. The third-order valence-corrected chi connectivity index (χ3v) is 10.2. The summed E-state index contributed by atoms with van der Waals surface area (Å²) in [6, 6.07) is 16.6. The first-order chi connectivity index (χ1) is 17.6. The number of hydrogen-bond donors (Lipinski definition) is 0. The van der Waals surface area contributed by atoms with Crippen molar-refractivity contribution in [2.45, 2.75) is 62.4 Å². The summed E-state index contributed by atoms with van der Waals surface area (Å²) in [6.45, 7) is 6.70. The van der Waals surface area contributed by atoms with Crippen LogP contribution in [0.3, 0.4) is 0 Å². The molecule has 0 spiro atoms. The number of fused-ring (bicyclic) bond motifs is 1. The maximum absolute atomic E-state index is 13.8. The monoisotopic (exact) mass is 538 g/mol. The van der Waals surface area contributed by atoms with Gasteiger partial charge in [0.15, 0.2) is 0 Å². The molecule has 0 bridgehead atoms. The van der Waals surface area contributed by atoms with E-state index in [4.69, 9.17) is 4.74 Å². The zero-order valence-corrected chi connectivity index (χ0v) is 23.4. The summed E-state index contributed by atoms with van der Waals surface area (Å²) >= 11 is 1.71. The first-order valence-electron chi connectivity index (χ1n) is 12.7. The summed E-state index contributed by atoms with van der Waals surface area (Å²) in [5, 5.41) is 2.07. The molecule has 0 radical (unpaired) electrons. The predicted molar refractivity (Wildman–Crippen MR) is 147 cm³/mol. The van der Waals surface area contributed by atoms with Gasteiger partial charge in [-0.2, -0.15) is 4.31 Å². The van der Waals surface area contributed by atoms with Crippen LogP contribution in [-0.4, -0.2) is 49.8 Å². The van der Waals surface area contributed by atoms with Crippen LogP contribution in [0.4, 0.5) is 0 Å². The fourth-order valence-corrected chi connectivity index (χ4v) is 7.53. The zero-order valence-electron chi connectivity index (χ0n) is 21.8. The molecular formula is C29H34N2O4S2. The van der Waals surface area contributed by atoms with E-state index < -0.39 is 10.0 Å². The third kappa shape index (κ3) is 5.19. The third-order valence-electron chi connectivity index (χ3n) is 7.29. The highest BCUT2D eigenvalue weighted by Crippen LogP contribution is 2.39. The van der Waals surface area contributed by atoms with Gasteiger partial charge in [-0.3, -0.25) is 4.79 Å². The van der Waals surface area contributed by atoms with Gasteiger partial charge in [0.1, 0.15) is 5.75 Å². The molecule has 8 heteroatoms. The molecule has 2 aliphatic rings. The summed E-state index contributed by atoms with van der Waals surface area (Å²) in [6.07, 6.45) is 2.34. The van der Waals surface area contributed by atoms with Crippen molar-refractivity contribution < 1.29 is 17.9 Å². The molecule has 1 aliphatic carbocycles. The highest BCUT2D eigenvalue weighted by molar-refractivity contribution is 7.89. The zero-order chi connectivity index (χ0) is 26.4. The van der Waals surface area contributed by atoms with E-state index in [1.807, 2.05) is 41.3 Å². The molecular weight excluding hydrogens is 504 g/mol. The number of ether oxygens (including phenoxy) is 1. The Morgan fingerprint density at radius 1 is 1.05 bits per heavy atom. The largest absolute Gasteiger partial charge is 0.497 e. The van der Waals surface area contributed by atoms with Gasteiger partial charge in [0.05, 0.1) is 24.6 Å². The minimum atomic E-state index is -3.80. The van der Waals surface area contributed by atoms with Gasteiger partial charge >= 0.3 is 0 Å². The highest BCUT2D eigenvalue weighted by atomic mass is 32.2. The summed E-state index contributed by atoms with van der Waals surface area (Å²) in [5.41, 5.74) is 3.11. The van der Waals surface area contributed by atoms with Crippen LogP contribution in [0.15, 0.2) is 64.9 Å². The SMILES string of the molecule is COc1ccc(C2c3ccsc3CCN2C(=O)CN(C2CC2)S(=O)(=O)c2ccc(C(C)(C)C)cc2)cc1. The van der Waals surface area contributed by atoms with Crippen LogP contribution in [0, 0.1) is 0 Å². The van der Waals surface area contributed by atoms with E-state index in [1.165, 1.54) is 9.18 Å². The van der Waals surface area contributed by atoms with E-state index in [-0.39, 0.29) is 34.8 Å². The number of benzene rings is 2. The summed E-state index contributed by atoms with van der Waals surface area (Å²) < 4.78 is 34.2. The molecule has 1 atom stereocenters. The van der Waals surface area contributed by atoms with Gasteiger partial charge < -0.3 is 9.64 Å². The first kappa shape index (κ1) is 25.9. The van der Waals surface area contributed by atoms with E-state index in [2.05, 4.69) is 32.2 Å². The molecule has 5 rings (SSSR count). The van der Waals surface area contributed by atoms with E-state index in [0.29, 0.717) is 6.54 Å². The number of hydrogen-bond acceptors (Lipinski definition) is 5. The molecule has 1 aliphatic heterocycles. The molecule has 2 heterocycles. The Kier molecular flexibility index (Phi) is 6.94. The number of thiophene rings is 1. The summed E-state index contributed by atoms with van der Waals surface area (Å²) in [7, 11) is -2.17. The molecule has 1 amide bonds. The average Bonchev–Trinajstić information content (AvgIpc) is 3.61. The van der Waals surface area contributed by atoms with Gasteiger partial charge in [0, 0.05) is 17.5 Å². The Bertz CT molecular complexity index is 1370. The fraction of sp³-hybridized carbons (Fsp3) is 0.414. The second-order valence-corrected chi connectivity index (χ2v) is 13.8. The number of sulfonamides is 1. The van der Waals surface area contributed by atoms with Gasteiger partial charge in [0.2, 0.25) is 15.9 Å². The van der Waals surface area contributed by atoms with Crippen molar-refractivity contribution in [1.82, 2.24) is 9.21 Å². The van der Waals surface area contributed by atoms with Crippen LogP contribution in [0.2, 0.25) is 0 Å². The van der Waals surface area contributed by atoms with Crippen molar-refractivity contribution in [1.29, 1.82) is 0 Å². The predicted octanol–water partition coefficient (Wildman–Crippen LogP) is 5.38. The molecule has 2 aromatic carbocycles. The molecule has 1 fully saturated rings. The molecule has 1 aromatic heterocycles. The van der Waals surface area contributed by atoms with E-state index in [1.54, 1.807) is 30.6 Å². The fourth-order valence-electron chi connectivity index (χ4n) is 4.99. The van der Waals surface area contributed by atoms with Gasteiger partial charge in [-0.1, -0.05) is 45.0 Å². The van der Waals surface area contributed by atoms with Crippen molar-refractivity contribution >= 4 is 27.3 Å². The lowest BCUT2D eigenvalue weighted by atomic mass is 9.87. The number of methoxy groups -OCH3 is 1. The molecule has 6 nitrogen and oxygen atoms in total. The second kappa shape index (κ2) is 9.89. The molecule has 37 heavy (non-hydrogen) atoms. The van der Waals surface area contributed by atoms with Gasteiger partial charge in [-0.25, -0.2) is 8.42 Å². The minimum Gasteiger partial charge on any atom is -0.497 e.